The number of aliphatic hydroxyl groups excluding tert-OH is 1. The molecule has 0 radical (unpaired) electrons. The van der Waals surface area contributed by atoms with Crippen molar-refractivity contribution in [3.8, 4) is 0 Å². The summed E-state index contributed by atoms with van der Waals surface area (Å²) in [6, 6.07) is -6.10. The van der Waals surface area contributed by atoms with Gasteiger partial charge in [-0.2, -0.15) is 0 Å². The van der Waals surface area contributed by atoms with Gasteiger partial charge in [-0.3, -0.25) is 29.0 Å². The van der Waals surface area contributed by atoms with E-state index in [-0.39, 0.29) is 38.2 Å². The van der Waals surface area contributed by atoms with Gasteiger partial charge in [0.25, 0.3) is 0 Å². The summed E-state index contributed by atoms with van der Waals surface area (Å²) in [6.45, 7) is 1.30. The highest BCUT2D eigenvalue weighted by molar-refractivity contribution is 5.96. The van der Waals surface area contributed by atoms with Gasteiger partial charge >= 0.3 is 11.9 Å². The van der Waals surface area contributed by atoms with Gasteiger partial charge in [0, 0.05) is 13.0 Å². The number of carboxylic acid groups (broad SMARTS) is 2. The quantitative estimate of drug-likeness (QED) is 0.0491. The van der Waals surface area contributed by atoms with Crippen LogP contribution in [0.2, 0.25) is 0 Å². The number of nitrogens with two attached hydrogens (primary N) is 4. The summed E-state index contributed by atoms with van der Waals surface area (Å²) in [5, 5.41) is 34.4. The third-order valence-corrected chi connectivity index (χ3v) is 4.71. The predicted molar refractivity (Wildman–Crippen MR) is 124 cm³/mol. The molecule has 0 aromatic carbocycles. The van der Waals surface area contributed by atoms with Crippen molar-refractivity contribution in [1.29, 1.82) is 0 Å². The van der Waals surface area contributed by atoms with Crippen LogP contribution >= 0.6 is 0 Å². The van der Waals surface area contributed by atoms with Gasteiger partial charge in [-0.1, -0.05) is 0 Å². The molecule has 0 aromatic rings. The van der Waals surface area contributed by atoms with Crippen molar-refractivity contribution in [3.63, 3.8) is 0 Å². The number of nitrogens with zero attached hydrogens (tertiary/aromatic N) is 1. The lowest BCUT2D eigenvalue weighted by molar-refractivity contribution is -0.143. The zero-order chi connectivity index (χ0) is 28.0. The summed E-state index contributed by atoms with van der Waals surface area (Å²) in [5.74, 6) is -7.06. The number of hydrogen-bond donors (Lipinski definition) is 10. The monoisotopic (exact) mass is 518 g/mol. The molecule has 4 amide bonds. The van der Waals surface area contributed by atoms with Gasteiger partial charge < -0.3 is 54.2 Å². The van der Waals surface area contributed by atoms with Crippen molar-refractivity contribution in [3.05, 3.63) is 0 Å². The first kappa shape index (κ1) is 32.0. The standard InChI is InChI=1S/C19H34N8O9/c1-8(28)14(21)17(34)27-11(7-13(30)31)16(33)25-9(4-5-12(20)29)15(32)26-10(18(35)36)3-2-6-24-19(22)23/h8-11,14,28H,2-7,21H2,1H3,(H2,20,29)(H,25,33)(H,26,32)(H,27,34)(H,30,31)(H,35,36)(H4,22,23,24). The summed E-state index contributed by atoms with van der Waals surface area (Å²) >= 11 is 0. The van der Waals surface area contributed by atoms with Crippen LogP contribution in [0.5, 0.6) is 0 Å². The first-order chi connectivity index (χ1) is 16.6. The molecule has 0 aliphatic heterocycles. The average molecular weight is 519 g/mol. The molecule has 0 heterocycles. The highest BCUT2D eigenvalue weighted by Gasteiger charge is 2.32. The Morgan fingerprint density at radius 3 is 1.83 bits per heavy atom. The maximum Gasteiger partial charge on any atom is 0.326 e. The van der Waals surface area contributed by atoms with Gasteiger partial charge in [0.1, 0.15) is 24.2 Å². The third kappa shape index (κ3) is 13.0. The van der Waals surface area contributed by atoms with Crippen LogP contribution in [0.4, 0.5) is 0 Å². The molecule has 14 N–H and O–H groups in total. The van der Waals surface area contributed by atoms with Gasteiger partial charge in [0.2, 0.25) is 23.6 Å². The van der Waals surface area contributed by atoms with Gasteiger partial charge in [-0.05, 0) is 26.2 Å². The second-order valence-electron chi connectivity index (χ2n) is 7.84. The van der Waals surface area contributed by atoms with Gasteiger partial charge in [-0.25, -0.2) is 4.79 Å². The van der Waals surface area contributed by atoms with Gasteiger partial charge in [0.15, 0.2) is 5.96 Å². The summed E-state index contributed by atoms with van der Waals surface area (Å²) < 4.78 is 0. The fraction of sp³-hybridized carbons (Fsp3) is 0.632. The number of hydrogen-bond acceptors (Lipinski definition) is 9. The normalized spacial score (nSPS) is 14.8. The number of rotatable bonds is 17. The van der Waals surface area contributed by atoms with E-state index in [4.69, 9.17) is 28.0 Å². The number of aliphatic carboxylic acids is 2. The molecule has 17 heteroatoms. The minimum Gasteiger partial charge on any atom is -0.481 e. The molecule has 0 fully saturated rings. The number of nitrogens with one attached hydrogen (secondary N) is 3. The first-order valence-electron chi connectivity index (χ1n) is 10.8. The van der Waals surface area contributed by atoms with E-state index in [0.29, 0.717) is 0 Å². The Morgan fingerprint density at radius 1 is 0.833 bits per heavy atom. The summed E-state index contributed by atoms with van der Waals surface area (Å²) in [5.41, 5.74) is 21.0. The molecule has 17 nitrogen and oxygen atoms in total. The van der Waals surface area contributed by atoms with Crippen molar-refractivity contribution in [2.24, 2.45) is 27.9 Å². The van der Waals surface area contributed by atoms with Crippen LogP contribution in [0.1, 0.15) is 39.0 Å². The number of carbonyl (C=O) groups excluding carboxylic acids is 4. The van der Waals surface area contributed by atoms with Crippen LogP contribution in [-0.4, -0.2) is 93.7 Å². The molecule has 204 valence electrons. The van der Waals surface area contributed by atoms with E-state index in [1.54, 1.807) is 0 Å². The Kier molecular flexibility index (Phi) is 14.1. The highest BCUT2D eigenvalue weighted by Crippen LogP contribution is 2.05. The van der Waals surface area contributed by atoms with Crippen LogP contribution in [0, 0.1) is 0 Å². The minimum absolute atomic E-state index is 0.0801. The van der Waals surface area contributed by atoms with Crippen LogP contribution in [-0.2, 0) is 28.8 Å². The number of guanidine groups is 1. The molecule has 0 aromatic heterocycles. The van der Waals surface area contributed by atoms with E-state index in [9.17, 15) is 39.0 Å². The molecule has 0 aliphatic rings. The van der Waals surface area contributed by atoms with Crippen molar-refractivity contribution in [2.75, 3.05) is 6.54 Å². The van der Waals surface area contributed by atoms with Crippen molar-refractivity contribution < 1.29 is 44.1 Å². The van der Waals surface area contributed by atoms with E-state index < -0.39 is 72.3 Å². The lowest BCUT2D eigenvalue weighted by atomic mass is 10.1. The average Bonchev–Trinajstić information content (AvgIpc) is 2.76. The Hall–Kier alpha value is -3.99. The molecule has 36 heavy (non-hydrogen) atoms. The van der Waals surface area contributed by atoms with E-state index in [1.165, 1.54) is 6.92 Å². The molecular formula is C19H34N8O9. The fourth-order valence-electron chi connectivity index (χ4n) is 2.73. The smallest absolute Gasteiger partial charge is 0.326 e. The maximum absolute atomic E-state index is 12.7. The van der Waals surface area contributed by atoms with Crippen molar-refractivity contribution in [2.45, 2.75) is 69.3 Å². The number of aliphatic hydroxyl groups is 1. The molecule has 0 bridgehead atoms. The zero-order valence-corrected chi connectivity index (χ0v) is 19.7. The number of carboxylic acids is 2. The van der Waals surface area contributed by atoms with Crippen LogP contribution in [0.15, 0.2) is 4.99 Å². The summed E-state index contributed by atoms with van der Waals surface area (Å²) in [7, 11) is 0. The Balaban J connectivity index is 5.57. The Morgan fingerprint density at radius 2 is 1.36 bits per heavy atom. The molecule has 0 saturated heterocycles. The maximum atomic E-state index is 12.7. The highest BCUT2D eigenvalue weighted by atomic mass is 16.4. The van der Waals surface area contributed by atoms with Gasteiger partial charge in [-0.15, -0.1) is 0 Å². The second-order valence-corrected chi connectivity index (χ2v) is 7.84. The van der Waals surface area contributed by atoms with Crippen LogP contribution in [0.25, 0.3) is 0 Å². The number of amides is 4. The van der Waals surface area contributed by atoms with Crippen LogP contribution < -0.4 is 38.9 Å². The van der Waals surface area contributed by atoms with E-state index in [0.717, 1.165) is 0 Å². The SMILES string of the molecule is CC(O)C(N)C(=O)NC(CC(=O)O)C(=O)NC(CCC(N)=O)C(=O)NC(CCCN=C(N)N)C(=O)O. The number of primary amides is 1. The van der Waals surface area contributed by atoms with Gasteiger partial charge in [0.05, 0.1) is 12.5 Å². The summed E-state index contributed by atoms with van der Waals surface area (Å²) in [4.78, 5) is 75.2. The van der Waals surface area contributed by atoms with E-state index in [2.05, 4.69) is 20.9 Å². The molecule has 0 aliphatic carbocycles. The summed E-state index contributed by atoms with van der Waals surface area (Å²) in [6.07, 6.45) is -2.85. The van der Waals surface area contributed by atoms with Crippen LogP contribution in [0.3, 0.4) is 0 Å². The number of aliphatic imine (C=N–C) groups is 1. The first-order valence-corrected chi connectivity index (χ1v) is 10.8. The van der Waals surface area contributed by atoms with Crippen molar-refractivity contribution >= 4 is 41.5 Å². The lowest BCUT2D eigenvalue weighted by Crippen LogP contribution is -2.58. The number of carbonyl (C=O) groups is 6. The zero-order valence-electron chi connectivity index (χ0n) is 19.7. The fourth-order valence-corrected chi connectivity index (χ4v) is 2.73. The molecule has 5 unspecified atom stereocenters. The molecule has 5 atom stereocenters. The molecule has 0 rings (SSSR count). The van der Waals surface area contributed by atoms with Crippen molar-refractivity contribution in [1.82, 2.24) is 16.0 Å². The van der Waals surface area contributed by atoms with E-state index >= 15 is 0 Å². The third-order valence-electron chi connectivity index (χ3n) is 4.71. The minimum atomic E-state index is -1.71. The molecule has 0 saturated carbocycles. The largest absolute Gasteiger partial charge is 0.481 e. The topological polar surface area (TPSA) is 316 Å². The Bertz CT molecular complexity index is 845. The Labute approximate surface area is 206 Å². The van der Waals surface area contributed by atoms with E-state index in [1.807, 2.05) is 0 Å². The second kappa shape index (κ2) is 15.8. The molecular weight excluding hydrogens is 484 g/mol. The lowest BCUT2D eigenvalue weighted by Gasteiger charge is -2.25. The predicted octanol–water partition coefficient (Wildman–Crippen LogP) is -4.97. The molecule has 0 spiro atoms.